The Morgan fingerprint density at radius 1 is 0.893 bits per heavy atom. The number of halogens is 3. The Morgan fingerprint density at radius 2 is 1.50 bits per heavy atom. The Balaban J connectivity index is 1.85. The average molecular weight is 433 g/mol. The first-order valence-electron chi connectivity index (χ1n) is 8.49. The maximum atomic E-state index is 12.9. The van der Waals surface area contributed by atoms with Crippen LogP contribution in [0.1, 0.15) is 18.4 Å². The Bertz CT molecular complexity index is 1030. The quantitative estimate of drug-likeness (QED) is 0.725. The Kier molecular flexibility index (Phi) is 5.57. The minimum atomic E-state index is -4.57. The standard InChI is InChI=1S/C18H18F3NO4S2/c19-18(20,21)14-8-10-17(11-9-14)28(25,26)22-12-4-5-15(22)13-27(23,24)16-6-2-1-3-7-16/h1-3,6-11,15H,4-5,12-13H2/t15-/m0/s1. The van der Waals surface area contributed by atoms with Crippen LogP contribution in [-0.2, 0) is 26.0 Å². The van der Waals surface area contributed by atoms with E-state index in [9.17, 15) is 30.0 Å². The predicted octanol–water partition coefficient (Wildman–Crippen LogP) is 3.33. The smallest absolute Gasteiger partial charge is 0.224 e. The molecule has 2 aromatic carbocycles. The van der Waals surface area contributed by atoms with Crippen molar-refractivity contribution in [3.8, 4) is 0 Å². The van der Waals surface area contributed by atoms with Gasteiger partial charge in [0.2, 0.25) is 10.0 Å². The lowest BCUT2D eigenvalue weighted by Crippen LogP contribution is -2.39. The summed E-state index contributed by atoms with van der Waals surface area (Å²) in [7, 11) is -7.80. The van der Waals surface area contributed by atoms with Crippen LogP contribution in [0.2, 0.25) is 0 Å². The zero-order chi connectivity index (χ0) is 20.6. The molecule has 2 aromatic rings. The summed E-state index contributed by atoms with van der Waals surface area (Å²) in [6.45, 7) is 0.123. The maximum absolute atomic E-state index is 12.9. The van der Waals surface area contributed by atoms with Crippen LogP contribution in [0.4, 0.5) is 13.2 Å². The topological polar surface area (TPSA) is 71.5 Å². The van der Waals surface area contributed by atoms with Crippen molar-refractivity contribution in [2.75, 3.05) is 12.3 Å². The van der Waals surface area contributed by atoms with Crippen molar-refractivity contribution < 1.29 is 30.0 Å². The molecule has 0 spiro atoms. The van der Waals surface area contributed by atoms with E-state index in [1.165, 1.54) is 12.1 Å². The lowest BCUT2D eigenvalue weighted by atomic mass is 10.2. The van der Waals surface area contributed by atoms with E-state index in [4.69, 9.17) is 0 Å². The molecule has 3 rings (SSSR count). The average Bonchev–Trinajstić information content (AvgIpc) is 3.10. The summed E-state index contributed by atoms with van der Waals surface area (Å²) in [5, 5.41) is 0. The van der Waals surface area contributed by atoms with E-state index in [0.717, 1.165) is 16.4 Å². The molecule has 1 saturated heterocycles. The highest BCUT2D eigenvalue weighted by atomic mass is 32.2. The van der Waals surface area contributed by atoms with Crippen LogP contribution in [0.25, 0.3) is 0 Å². The fraction of sp³-hybridized carbons (Fsp3) is 0.333. The van der Waals surface area contributed by atoms with Gasteiger partial charge in [0, 0.05) is 12.6 Å². The van der Waals surface area contributed by atoms with E-state index in [1.54, 1.807) is 18.2 Å². The normalized spacial score (nSPS) is 19.0. The lowest BCUT2D eigenvalue weighted by Gasteiger charge is -2.24. The summed E-state index contributed by atoms with van der Waals surface area (Å²) in [5.41, 5.74) is -0.948. The molecule has 1 atom stereocenters. The Morgan fingerprint density at radius 3 is 2.07 bits per heavy atom. The fourth-order valence-corrected chi connectivity index (χ4v) is 6.63. The molecular weight excluding hydrogens is 415 g/mol. The van der Waals surface area contributed by atoms with Gasteiger partial charge < -0.3 is 0 Å². The van der Waals surface area contributed by atoms with Crippen molar-refractivity contribution >= 4 is 19.9 Å². The van der Waals surface area contributed by atoms with Crippen LogP contribution in [0.15, 0.2) is 64.4 Å². The van der Waals surface area contributed by atoms with Gasteiger partial charge in [-0.1, -0.05) is 18.2 Å². The van der Waals surface area contributed by atoms with Gasteiger partial charge in [-0.25, -0.2) is 16.8 Å². The number of hydrogen-bond acceptors (Lipinski definition) is 4. The minimum Gasteiger partial charge on any atom is -0.224 e. The number of alkyl halides is 3. The number of benzene rings is 2. The number of sulfonamides is 1. The van der Waals surface area contributed by atoms with Crippen LogP contribution in [0, 0.1) is 0 Å². The molecule has 1 fully saturated rings. The molecule has 0 unspecified atom stereocenters. The van der Waals surface area contributed by atoms with Gasteiger partial charge in [-0.15, -0.1) is 0 Å². The summed E-state index contributed by atoms with van der Waals surface area (Å²) >= 11 is 0. The second-order valence-corrected chi connectivity index (χ2v) is 10.5. The van der Waals surface area contributed by atoms with Crippen molar-refractivity contribution in [1.82, 2.24) is 4.31 Å². The van der Waals surface area contributed by atoms with Gasteiger partial charge in [0.1, 0.15) is 0 Å². The molecular formula is C18H18F3NO4S2. The van der Waals surface area contributed by atoms with Crippen molar-refractivity contribution in [3.63, 3.8) is 0 Å². The second-order valence-electron chi connectivity index (χ2n) is 6.53. The third kappa shape index (κ3) is 4.23. The van der Waals surface area contributed by atoms with E-state index >= 15 is 0 Å². The molecule has 0 aliphatic carbocycles. The number of hydrogen-bond donors (Lipinski definition) is 0. The molecule has 0 bridgehead atoms. The van der Waals surface area contributed by atoms with Crippen LogP contribution >= 0.6 is 0 Å². The number of rotatable bonds is 5. The highest BCUT2D eigenvalue weighted by molar-refractivity contribution is 7.91. The van der Waals surface area contributed by atoms with Crippen LogP contribution < -0.4 is 0 Å². The van der Waals surface area contributed by atoms with Gasteiger partial charge in [-0.3, -0.25) is 0 Å². The highest BCUT2D eigenvalue weighted by Gasteiger charge is 2.38. The van der Waals surface area contributed by atoms with Gasteiger partial charge in [-0.05, 0) is 49.2 Å². The second kappa shape index (κ2) is 7.49. The summed E-state index contributed by atoms with van der Waals surface area (Å²) in [4.78, 5) is -0.182. The molecule has 0 N–H and O–H groups in total. The first-order chi connectivity index (χ1) is 13.0. The van der Waals surface area contributed by atoms with Crippen LogP contribution in [0.5, 0.6) is 0 Å². The van der Waals surface area contributed by atoms with E-state index in [-0.39, 0.29) is 22.1 Å². The van der Waals surface area contributed by atoms with Gasteiger partial charge in [0.05, 0.1) is 21.1 Å². The number of sulfone groups is 1. The molecule has 1 aliphatic heterocycles. The molecule has 1 aliphatic rings. The van der Waals surface area contributed by atoms with Crippen molar-refractivity contribution in [2.45, 2.75) is 34.9 Å². The minimum absolute atomic E-state index is 0.105. The molecule has 10 heteroatoms. The largest absolute Gasteiger partial charge is 0.416 e. The molecule has 1 heterocycles. The summed E-state index contributed by atoms with van der Waals surface area (Å²) in [6, 6.07) is 10.2. The third-order valence-electron chi connectivity index (χ3n) is 4.63. The van der Waals surface area contributed by atoms with Gasteiger partial charge in [0.15, 0.2) is 9.84 Å². The van der Waals surface area contributed by atoms with E-state index in [1.807, 2.05) is 0 Å². The van der Waals surface area contributed by atoms with E-state index in [2.05, 4.69) is 0 Å². The Hall–Kier alpha value is -1.91. The zero-order valence-corrected chi connectivity index (χ0v) is 16.3. The molecule has 28 heavy (non-hydrogen) atoms. The van der Waals surface area contributed by atoms with Gasteiger partial charge in [0.25, 0.3) is 0 Å². The van der Waals surface area contributed by atoms with Crippen LogP contribution in [-0.4, -0.2) is 39.5 Å². The third-order valence-corrected chi connectivity index (χ3v) is 8.41. The SMILES string of the molecule is O=S(=O)(C[C@@H]1CCCN1S(=O)(=O)c1ccc(C(F)(F)F)cc1)c1ccccc1. The van der Waals surface area contributed by atoms with Crippen molar-refractivity contribution in [2.24, 2.45) is 0 Å². The first-order valence-corrected chi connectivity index (χ1v) is 11.6. The lowest BCUT2D eigenvalue weighted by molar-refractivity contribution is -0.137. The molecule has 0 radical (unpaired) electrons. The van der Waals surface area contributed by atoms with Crippen LogP contribution in [0.3, 0.4) is 0 Å². The van der Waals surface area contributed by atoms with Crippen molar-refractivity contribution in [1.29, 1.82) is 0 Å². The van der Waals surface area contributed by atoms with Crippen molar-refractivity contribution in [3.05, 3.63) is 60.2 Å². The predicted molar refractivity (Wildman–Crippen MR) is 96.9 cm³/mol. The molecule has 152 valence electrons. The monoisotopic (exact) mass is 433 g/mol. The summed E-state index contributed by atoms with van der Waals surface area (Å²) in [5.74, 6) is -0.378. The fourth-order valence-electron chi connectivity index (χ4n) is 3.22. The first kappa shape index (κ1) is 20.8. The summed E-state index contributed by atoms with van der Waals surface area (Å²) in [6.07, 6.45) is -3.72. The molecule has 5 nitrogen and oxygen atoms in total. The summed E-state index contributed by atoms with van der Waals surface area (Å²) < 4.78 is 90.1. The van der Waals surface area contributed by atoms with E-state index < -0.39 is 37.6 Å². The van der Waals surface area contributed by atoms with E-state index in [0.29, 0.717) is 25.0 Å². The number of nitrogens with zero attached hydrogens (tertiary/aromatic N) is 1. The highest BCUT2D eigenvalue weighted by Crippen LogP contribution is 2.32. The van der Waals surface area contributed by atoms with Gasteiger partial charge in [-0.2, -0.15) is 17.5 Å². The molecule has 0 saturated carbocycles. The zero-order valence-electron chi connectivity index (χ0n) is 14.6. The van der Waals surface area contributed by atoms with Gasteiger partial charge >= 0.3 is 6.18 Å². The Labute approximate surface area is 161 Å². The molecule has 0 aromatic heterocycles. The molecule has 0 amide bonds. The maximum Gasteiger partial charge on any atom is 0.416 e.